The van der Waals surface area contributed by atoms with Gasteiger partial charge in [0.15, 0.2) is 11.5 Å². The molecule has 1 saturated heterocycles. The van der Waals surface area contributed by atoms with Crippen LogP contribution < -0.4 is 14.8 Å². The summed E-state index contributed by atoms with van der Waals surface area (Å²) in [6, 6.07) is 11.9. The number of amides is 1. The van der Waals surface area contributed by atoms with Gasteiger partial charge >= 0.3 is 5.97 Å². The number of carbonyl (C=O) groups is 2. The summed E-state index contributed by atoms with van der Waals surface area (Å²) in [5, 5.41) is 2.56. The molecule has 26 heavy (non-hydrogen) atoms. The lowest BCUT2D eigenvalue weighted by molar-refractivity contribution is -0.115. The first-order valence-corrected chi connectivity index (χ1v) is 9.38. The molecule has 0 bridgehead atoms. The Morgan fingerprint density at radius 2 is 2.04 bits per heavy atom. The van der Waals surface area contributed by atoms with Crippen LogP contribution in [0, 0.1) is 0 Å². The van der Waals surface area contributed by atoms with E-state index in [1.807, 2.05) is 6.07 Å². The SMILES string of the molecule is COc1cc(C=C2SC(=S)NC2=O)ccc1OC(=O)c1cccc(Br)c1. The Bertz CT molecular complexity index is 943. The summed E-state index contributed by atoms with van der Waals surface area (Å²) in [6.45, 7) is 0. The van der Waals surface area contributed by atoms with Crippen LogP contribution in [0.15, 0.2) is 51.8 Å². The number of benzene rings is 2. The standard InChI is InChI=1S/C18H12BrNO4S2/c1-23-14-7-10(8-15-16(21)20-18(25)26-15)5-6-13(14)24-17(22)11-3-2-4-12(19)9-11/h2-9H,1H3,(H,20,21,25). The number of thiocarbonyl (C=S) groups is 1. The van der Waals surface area contributed by atoms with Crippen molar-refractivity contribution < 1.29 is 19.1 Å². The highest BCUT2D eigenvalue weighted by atomic mass is 79.9. The van der Waals surface area contributed by atoms with Crippen molar-refractivity contribution in [1.29, 1.82) is 0 Å². The molecular formula is C18H12BrNO4S2. The molecule has 0 atom stereocenters. The number of rotatable bonds is 4. The molecule has 132 valence electrons. The molecule has 1 aliphatic heterocycles. The summed E-state index contributed by atoms with van der Waals surface area (Å²) in [7, 11) is 1.48. The minimum absolute atomic E-state index is 0.232. The van der Waals surface area contributed by atoms with E-state index < -0.39 is 5.97 Å². The number of nitrogens with one attached hydrogen (secondary N) is 1. The molecule has 5 nitrogen and oxygen atoms in total. The molecule has 8 heteroatoms. The molecule has 3 rings (SSSR count). The monoisotopic (exact) mass is 449 g/mol. The zero-order valence-electron chi connectivity index (χ0n) is 13.4. The largest absolute Gasteiger partial charge is 0.493 e. The number of ether oxygens (including phenoxy) is 2. The summed E-state index contributed by atoms with van der Waals surface area (Å²) in [5.41, 5.74) is 1.15. The van der Waals surface area contributed by atoms with Gasteiger partial charge in [0.2, 0.25) is 0 Å². The Hall–Kier alpha value is -2.16. The summed E-state index contributed by atoms with van der Waals surface area (Å²) in [4.78, 5) is 24.5. The number of esters is 1. The molecule has 0 spiro atoms. The Labute approximate surface area is 167 Å². The molecule has 0 unspecified atom stereocenters. The van der Waals surface area contributed by atoms with Gasteiger partial charge in [0.25, 0.3) is 5.91 Å². The van der Waals surface area contributed by atoms with Gasteiger partial charge in [-0.25, -0.2) is 4.79 Å². The molecule has 0 aliphatic carbocycles. The fourth-order valence-electron chi connectivity index (χ4n) is 2.20. The van der Waals surface area contributed by atoms with Crippen LogP contribution in [-0.2, 0) is 4.79 Å². The van der Waals surface area contributed by atoms with E-state index in [2.05, 4.69) is 21.2 Å². The van der Waals surface area contributed by atoms with E-state index in [1.54, 1.807) is 42.5 Å². The van der Waals surface area contributed by atoms with Crippen molar-refractivity contribution in [3.05, 3.63) is 63.0 Å². The van der Waals surface area contributed by atoms with E-state index in [0.29, 0.717) is 26.3 Å². The summed E-state index contributed by atoms with van der Waals surface area (Å²) >= 11 is 9.48. The topological polar surface area (TPSA) is 64.6 Å². The lowest BCUT2D eigenvalue weighted by Gasteiger charge is -2.10. The highest BCUT2D eigenvalue weighted by molar-refractivity contribution is 9.10. The second-order valence-electron chi connectivity index (χ2n) is 5.16. The minimum Gasteiger partial charge on any atom is -0.493 e. The number of thioether (sulfide) groups is 1. The molecule has 2 aromatic rings. The minimum atomic E-state index is -0.494. The van der Waals surface area contributed by atoms with Crippen LogP contribution >= 0.6 is 39.9 Å². The molecule has 1 amide bonds. The third-order valence-electron chi connectivity index (χ3n) is 3.39. The number of hydrogen-bond acceptors (Lipinski definition) is 6. The first kappa shape index (κ1) is 18.6. The maximum absolute atomic E-state index is 12.3. The quantitative estimate of drug-likeness (QED) is 0.327. The van der Waals surface area contributed by atoms with Crippen LogP contribution in [0.5, 0.6) is 11.5 Å². The molecule has 0 radical (unpaired) electrons. The molecule has 1 heterocycles. The lowest BCUT2D eigenvalue weighted by atomic mass is 10.2. The van der Waals surface area contributed by atoms with E-state index in [4.69, 9.17) is 21.7 Å². The highest BCUT2D eigenvalue weighted by Crippen LogP contribution is 2.32. The van der Waals surface area contributed by atoms with Crippen LogP contribution in [0.2, 0.25) is 0 Å². The highest BCUT2D eigenvalue weighted by Gasteiger charge is 2.22. The molecule has 1 aliphatic rings. The van der Waals surface area contributed by atoms with E-state index in [0.717, 1.165) is 10.0 Å². The van der Waals surface area contributed by atoms with Crippen LogP contribution in [0.3, 0.4) is 0 Å². The van der Waals surface area contributed by atoms with E-state index in [9.17, 15) is 9.59 Å². The van der Waals surface area contributed by atoms with Crippen molar-refractivity contribution in [2.45, 2.75) is 0 Å². The van der Waals surface area contributed by atoms with Crippen LogP contribution in [0.25, 0.3) is 6.08 Å². The van der Waals surface area contributed by atoms with Crippen LogP contribution in [0.1, 0.15) is 15.9 Å². The van der Waals surface area contributed by atoms with Crippen molar-refractivity contribution in [1.82, 2.24) is 5.32 Å². The molecule has 1 N–H and O–H groups in total. The number of carbonyl (C=O) groups excluding carboxylic acids is 2. The first-order chi connectivity index (χ1) is 12.5. The maximum Gasteiger partial charge on any atom is 0.343 e. The van der Waals surface area contributed by atoms with Gasteiger partial charge in [-0.05, 0) is 42.0 Å². The Balaban J connectivity index is 1.83. The maximum atomic E-state index is 12.3. The van der Waals surface area contributed by atoms with Gasteiger partial charge < -0.3 is 14.8 Å². The lowest BCUT2D eigenvalue weighted by Crippen LogP contribution is -2.17. The van der Waals surface area contributed by atoms with Gasteiger partial charge in [0.1, 0.15) is 4.32 Å². The average molecular weight is 450 g/mol. The van der Waals surface area contributed by atoms with E-state index in [-0.39, 0.29) is 5.91 Å². The summed E-state index contributed by atoms with van der Waals surface area (Å²) < 4.78 is 11.9. The second kappa shape index (κ2) is 8.03. The Kier molecular flexibility index (Phi) is 5.75. The molecule has 0 aromatic heterocycles. The third-order valence-corrected chi connectivity index (χ3v) is 5.05. The summed E-state index contributed by atoms with van der Waals surface area (Å²) in [6.07, 6.45) is 1.70. The first-order valence-electron chi connectivity index (χ1n) is 7.37. The van der Waals surface area contributed by atoms with Gasteiger partial charge in [0.05, 0.1) is 17.6 Å². The van der Waals surface area contributed by atoms with Gasteiger partial charge in [-0.2, -0.15) is 0 Å². The van der Waals surface area contributed by atoms with Crippen molar-refractivity contribution in [3.8, 4) is 11.5 Å². The Morgan fingerprint density at radius 3 is 2.69 bits per heavy atom. The van der Waals surface area contributed by atoms with Crippen molar-refractivity contribution in [2.75, 3.05) is 7.11 Å². The van der Waals surface area contributed by atoms with Gasteiger partial charge in [0, 0.05) is 4.47 Å². The zero-order valence-corrected chi connectivity index (χ0v) is 16.7. The third kappa shape index (κ3) is 4.32. The predicted octanol–water partition coefficient (Wildman–Crippen LogP) is 4.17. The number of halogens is 1. The van der Waals surface area contributed by atoms with Crippen molar-refractivity contribution >= 4 is 62.2 Å². The van der Waals surface area contributed by atoms with Gasteiger partial charge in [-0.1, -0.05) is 52.0 Å². The molecular weight excluding hydrogens is 438 g/mol. The predicted molar refractivity (Wildman–Crippen MR) is 108 cm³/mol. The normalized spacial score (nSPS) is 15.1. The van der Waals surface area contributed by atoms with Crippen LogP contribution in [0.4, 0.5) is 0 Å². The van der Waals surface area contributed by atoms with Crippen molar-refractivity contribution in [3.63, 3.8) is 0 Å². The Morgan fingerprint density at radius 1 is 1.23 bits per heavy atom. The van der Waals surface area contributed by atoms with E-state index >= 15 is 0 Å². The smallest absolute Gasteiger partial charge is 0.343 e. The fraction of sp³-hybridized carbons (Fsp3) is 0.0556. The number of hydrogen-bond donors (Lipinski definition) is 1. The molecule has 1 fully saturated rings. The number of methoxy groups -OCH3 is 1. The van der Waals surface area contributed by atoms with Crippen molar-refractivity contribution in [2.24, 2.45) is 0 Å². The van der Waals surface area contributed by atoms with Gasteiger partial charge in [-0.15, -0.1) is 0 Å². The molecule has 0 saturated carbocycles. The van der Waals surface area contributed by atoms with Crippen LogP contribution in [-0.4, -0.2) is 23.3 Å². The fourth-order valence-corrected chi connectivity index (χ4v) is 3.65. The summed E-state index contributed by atoms with van der Waals surface area (Å²) in [5.74, 6) is -0.0525. The van der Waals surface area contributed by atoms with E-state index in [1.165, 1.54) is 18.9 Å². The average Bonchev–Trinajstić information content (AvgIpc) is 2.93. The second-order valence-corrected chi connectivity index (χ2v) is 7.80. The molecule has 2 aromatic carbocycles. The zero-order chi connectivity index (χ0) is 18.7. The van der Waals surface area contributed by atoms with Gasteiger partial charge in [-0.3, -0.25) is 4.79 Å².